The summed E-state index contributed by atoms with van der Waals surface area (Å²) in [5, 5.41) is 26.7. The first kappa shape index (κ1) is 31.6. The molecule has 1 aliphatic heterocycles. The number of carboxylic acids is 2. The van der Waals surface area contributed by atoms with Crippen molar-refractivity contribution in [2.45, 2.75) is 61.8 Å². The number of hydrogen-bond donors (Lipinski definition) is 2. The number of carboxylic acid groups (broad SMARTS) is 2. The van der Waals surface area contributed by atoms with E-state index in [-0.39, 0.29) is 11.6 Å². The van der Waals surface area contributed by atoms with Crippen molar-refractivity contribution < 1.29 is 34.3 Å². The number of rotatable bonds is 10. The van der Waals surface area contributed by atoms with Gasteiger partial charge in [-0.3, -0.25) is 19.8 Å². The molecule has 1 fully saturated rings. The smallest absolute Gasteiger partial charge is 0.328 e. The fourth-order valence-electron chi connectivity index (χ4n) is 4.91. The molecule has 2 aromatic rings. The number of benzene rings is 2. The number of carbonyl (C=O) groups is 3. The monoisotopic (exact) mass is 585 g/mol. The molecule has 1 saturated carbocycles. The maximum Gasteiger partial charge on any atom is 0.328 e. The summed E-state index contributed by atoms with van der Waals surface area (Å²) in [4.78, 5) is 47.8. The number of nitro groups is 1. The number of anilines is 1. The lowest BCUT2D eigenvalue weighted by atomic mass is 9.94. The fraction of sp³-hybridized carbons (Fsp3) is 0.414. The van der Waals surface area contributed by atoms with E-state index in [0.717, 1.165) is 23.5 Å². The minimum atomic E-state index is -1.26. The van der Waals surface area contributed by atoms with Crippen LogP contribution < -0.4 is 9.64 Å². The number of nitrogens with zero attached hydrogens (tertiary/aromatic N) is 3. The van der Waals surface area contributed by atoms with E-state index >= 15 is 0 Å². The number of para-hydroxylation sites is 1. The SMILES string of the molecule is CC(=O)N1c2ccccc2SC1c1cc([N+](=O)[O-])ccc1OCCCN(C)C1CCCCC1.O=C(O)/C=C/C(=O)O. The molecule has 0 bridgehead atoms. The van der Waals surface area contributed by atoms with Crippen LogP contribution in [-0.2, 0) is 14.4 Å². The lowest BCUT2D eigenvalue weighted by molar-refractivity contribution is -0.384. The summed E-state index contributed by atoms with van der Waals surface area (Å²) in [5.41, 5.74) is 1.47. The zero-order valence-electron chi connectivity index (χ0n) is 23.1. The van der Waals surface area contributed by atoms with Gasteiger partial charge < -0.3 is 19.8 Å². The Morgan fingerprint density at radius 2 is 1.76 bits per heavy atom. The molecule has 0 aromatic heterocycles. The molecule has 1 heterocycles. The Morgan fingerprint density at radius 3 is 2.37 bits per heavy atom. The molecule has 11 nitrogen and oxygen atoms in total. The van der Waals surface area contributed by atoms with Gasteiger partial charge in [0.25, 0.3) is 5.69 Å². The highest BCUT2D eigenvalue weighted by Gasteiger charge is 2.36. The minimum absolute atomic E-state index is 0.00515. The molecule has 0 radical (unpaired) electrons. The van der Waals surface area contributed by atoms with E-state index in [2.05, 4.69) is 11.9 Å². The van der Waals surface area contributed by atoms with Crippen LogP contribution in [0.2, 0.25) is 0 Å². The molecule has 0 saturated heterocycles. The van der Waals surface area contributed by atoms with Crippen molar-refractivity contribution in [3.8, 4) is 5.75 Å². The van der Waals surface area contributed by atoms with E-state index in [1.165, 1.54) is 56.9 Å². The second-order valence-corrected chi connectivity index (χ2v) is 10.9. The Balaban J connectivity index is 0.000000507. The molecule has 1 atom stereocenters. The van der Waals surface area contributed by atoms with Crippen molar-refractivity contribution in [3.63, 3.8) is 0 Å². The molecule has 12 heteroatoms. The highest BCUT2D eigenvalue weighted by molar-refractivity contribution is 8.00. The van der Waals surface area contributed by atoms with Gasteiger partial charge in [0.05, 0.1) is 17.2 Å². The normalized spacial score (nSPS) is 16.7. The molecule has 4 rings (SSSR count). The van der Waals surface area contributed by atoms with Crippen LogP contribution in [0.5, 0.6) is 5.75 Å². The molecule has 1 unspecified atom stereocenters. The van der Waals surface area contributed by atoms with Gasteiger partial charge in [0, 0.05) is 54.3 Å². The molecule has 2 aromatic carbocycles. The van der Waals surface area contributed by atoms with E-state index in [0.29, 0.717) is 36.1 Å². The molecular weight excluding hydrogens is 550 g/mol. The lowest BCUT2D eigenvalue weighted by Gasteiger charge is -2.31. The highest BCUT2D eigenvalue weighted by atomic mass is 32.2. The average molecular weight is 586 g/mol. The van der Waals surface area contributed by atoms with Crippen molar-refractivity contribution in [3.05, 3.63) is 70.3 Å². The van der Waals surface area contributed by atoms with Gasteiger partial charge in [-0.25, -0.2) is 9.59 Å². The number of amides is 1. The number of ether oxygens (including phenoxy) is 1. The number of nitro benzene ring substituents is 1. The Hall–Kier alpha value is -3.90. The number of non-ortho nitro benzene ring substituents is 1. The first-order valence-corrected chi connectivity index (χ1v) is 14.3. The van der Waals surface area contributed by atoms with E-state index in [9.17, 15) is 24.5 Å². The summed E-state index contributed by atoms with van der Waals surface area (Å²) in [6.45, 7) is 3.00. The van der Waals surface area contributed by atoms with Crippen molar-refractivity contribution in [2.75, 3.05) is 25.1 Å². The van der Waals surface area contributed by atoms with Gasteiger partial charge in [0.2, 0.25) is 5.91 Å². The van der Waals surface area contributed by atoms with Gasteiger partial charge in [0.1, 0.15) is 11.1 Å². The van der Waals surface area contributed by atoms with Crippen LogP contribution in [0.25, 0.3) is 0 Å². The Kier molecular flexibility index (Phi) is 11.7. The topological polar surface area (TPSA) is 151 Å². The molecule has 1 amide bonds. The first-order chi connectivity index (χ1) is 19.6. The van der Waals surface area contributed by atoms with Gasteiger partial charge in [-0.2, -0.15) is 0 Å². The summed E-state index contributed by atoms with van der Waals surface area (Å²) in [7, 11) is 2.18. The van der Waals surface area contributed by atoms with Crippen molar-refractivity contribution in [1.82, 2.24) is 4.90 Å². The van der Waals surface area contributed by atoms with Crippen molar-refractivity contribution >= 4 is 41.0 Å². The van der Waals surface area contributed by atoms with Crippen LogP contribution in [0.4, 0.5) is 11.4 Å². The number of carbonyl (C=O) groups excluding carboxylic acids is 1. The van der Waals surface area contributed by atoms with E-state index in [4.69, 9.17) is 14.9 Å². The number of fused-ring (bicyclic) bond motifs is 1. The molecule has 2 aliphatic rings. The summed E-state index contributed by atoms with van der Waals surface area (Å²) in [6, 6.07) is 13.0. The number of aliphatic carboxylic acids is 2. The average Bonchev–Trinajstić information content (AvgIpc) is 3.35. The van der Waals surface area contributed by atoms with Crippen LogP contribution in [0.15, 0.2) is 59.5 Å². The van der Waals surface area contributed by atoms with Crippen LogP contribution in [0.3, 0.4) is 0 Å². The Labute approximate surface area is 242 Å². The minimum Gasteiger partial charge on any atom is -0.493 e. The van der Waals surface area contributed by atoms with Gasteiger partial charge in [-0.15, -0.1) is 0 Å². The zero-order chi connectivity index (χ0) is 29.9. The van der Waals surface area contributed by atoms with Gasteiger partial charge in [-0.1, -0.05) is 43.2 Å². The maximum atomic E-state index is 12.5. The number of hydrogen-bond acceptors (Lipinski definition) is 8. The molecular formula is C29H35N3O8S. The third kappa shape index (κ3) is 9.05. The van der Waals surface area contributed by atoms with Crippen LogP contribution in [0, 0.1) is 10.1 Å². The molecule has 1 aliphatic carbocycles. The predicted octanol–water partition coefficient (Wildman–Crippen LogP) is 5.50. The Morgan fingerprint density at radius 1 is 1.10 bits per heavy atom. The second-order valence-electron chi connectivity index (χ2n) is 9.79. The molecule has 2 N–H and O–H groups in total. The number of thioether (sulfide) groups is 1. The lowest BCUT2D eigenvalue weighted by Crippen LogP contribution is -2.34. The van der Waals surface area contributed by atoms with E-state index in [1.807, 2.05) is 24.3 Å². The maximum absolute atomic E-state index is 12.5. The summed E-state index contributed by atoms with van der Waals surface area (Å²) in [5.74, 6) is -2.03. The van der Waals surface area contributed by atoms with Gasteiger partial charge >= 0.3 is 11.9 Å². The third-order valence-corrected chi connectivity index (χ3v) is 8.17. The van der Waals surface area contributed by atoms with Crippen LogP contribution in [0.1, 0.15) is 56.4 Å². The summed E-state index contributed by atoms with van der Waals surface area (Å²) >= 11 is 1.52. The molecule has 0 spiro atoms. The molecule has 41 heavy (non-hydrogen) atoms. The van der Waals surface area contributed by atoms with Gasteiger partial charge in [-0.05, 0) is 44.5 Å². The fourth-order valence-corrected chi connectivity index (χ4v) is 6.27. The first-order valence-electron chi connectivity index (χ1n) is 13.4. The second kappa shape index (κ2) is 15.2. The van der Waals surface area contributed by atoms with E-state index < -0.39 is 22.2 Å². The van der Waals surface area contributed by atoms with Crippen molar-refractivity contribution in [1.29, 1.82) is 0 Å². The van der Waals surface area contributed by atoms with Crippen LogP contribution >= 0.6 is 11.8 Å². The zero-order valence-corrected chi connectivity index (χ0v) is 23.9. The van der Waals surface area contributed by atoms with Crippen molar-refractivity contribution in [2.24, 2.45) is 0 Å². The van der Waals surface area contributed by atoms with Gasteiger partial charge in [0.15, 0.2) is 0 Å². The van der Waals surface area contributed by atoms with Crippen LogP contribution in [-0.4, -0.2) is 64.1 Å². The highest BCUT2D eigenvalue weighted by Crippen LogP contribution is 2.53. The summed E-state index contributed by atoms with van der Waals surface area (Å²) < 4.78 is 6.15. The summed E-state index contributed by atoms with van der Waals surface area (Å²) in [6.07, 6.45) is 8.49. The predicted molar refractivity (Wildman–Crippen MR) is 155 cm³/mol. The largest absolute Gasteiger partial charge is 0.493 e. The quantitative estimate of drug-likeness (QED) is 0.158. The standard InChI is InChI=1S/C25H31N3O4S.C4H4O4/c1-18(29)27-22-11-6-7-12-24(22)33-25(27)21-17-20(28(30)31)13-14-23(21)32-16-8-15-26(2)19-9-4-3-5-10-19;5-3(6)1-2-4(7)8/h6-7,11-14,17,19,25H,3-5,8-10,15-16H2,1-2H3;1-2H,(H,5,6)(H,7,8)/b;2-1+. The molecule has 220 valence electrons. The third-order valence-electron chi connectivity index (χ3n) is 6.89. The Bertz CT molecular complexity index is 1260. The van der Waals surface area contributed by atoms with E-state index in [1.54, 1.807) is 17.0 Å².